The van der Waals surface area contributed by atoms with Crippen molar-refractivity contribution in [3.63, 3.8) is 0 Å². The Morgan fingerprint density at radius 2 is 2.11 bits per heavy atom. The SMILES string of the molecule is Cc1cc(CNC(=O)c2ccc(I)c(Cl)c2)sc1C. The summed E-state index contributed by atoms with van der Waals surface area (Å²) in [5.41, 5.74) is 1.86. The van der Waals surface area contributed by atoms with Crippen LogP contribution < -0.4 is 5.32 Å². The van der Waals surface area contributed by atoms with Gasteiger partial charge in [-0.05, 0) is 66.3 Å². The second-order valence-electron chi connectivity index (χ2n) is 4.26. The second kappa shape index (κ2) is 6.24. The maximum absolute atomic E-state index is 12.0. The summed E-state index contributed by atoms with van der Waals surface area (Å²) >= 11 is 9.87. The molecule has 0 saturated heterocycles. The number of hydrogen-bond donors (Lipinski definition) is 1. The van der Waals surface area contributed by atoms with Crippen LogP contribution in [-0.4, -0.2) is 5.91 Å². The number of halogens is 2. The van der Waals surface area contributed by atoms with E-state index in [1.165, 1.54) is 15.3 Å². The van der Waals surface area contributed by atoms with E-state index in [0.29, 0.717) is 17.1 Å². The zero-order valence-electron chi connectivity index (χ0n) is 10.6. The van der Waals surface area contributed by atoms with E-state index in [4.69, 9.17) is 11.6 Å². The molecule has 19 heavy (non-hydrogen) atoms. The van der Waals surface area contributed by atoms with Gasteiger partial charge in [-0.25, -0.2) is 0 Å². The number of hydrogen-bond acceptors (Lipinski definition) is 2. The summed E-state index contributed by atoms with van der Waals surface area (Å²) in [5, 5.41) is 3.52. The van der Waals surface area contributed by atoms with Gasteiger partial charge in [0, 0.05) is 18.9 Å². The fourth-order valence-corrected chi connectivity index (χ4v) is 3.15. The lowest BCUT2D eigenvalue weighted by atomic mass is 10.2. The minimum absolute atomic E-state index is 0.0954. The maximum atomic E-state index is 12.0. The second-order valence-corrected chi connectivity index (χ2v) is 7.17. The van der Waals surface area contributed by atoms with Crippen molar-refractivity contribution in [2.75, 3.05) is 0 Å². The van der Waals surface area contributed by atoms with Crippen LogP contribution in [0, 0.1) is 17.4 Å². The van der Waals surface area contributed by atoms with Crippen molar-refractivity contribution < 1.29 is 4.79 Å². The van der Waals surface area contributed by atoms with E-state index < -0.39 is 0 Å². The average molecular weight is 406 g/mol. The Balaban J connectivity index is 2.03. The van der Waals surface area contributed by atoms with Gasteiger partial charge in [-0.15, -0.1) is 11.3 Å². The molecule has 1 amide bonds. The van der Waals surface area contributed by atoms with E-state index in [9.17, 15) is 4.79 Å². The number of thiophene rings is 1. The van der Waals surface area contributed by atoms with E-state index in [1.54, 1.807) is 23.5 Å². The Morgan fingerprint density at radius 3 is 2.68 bits per heavy atom. The van der Waals surface area contributed by atoms with Gasteiger partial charge in [0.2, 0.25) is 0 Å². The molecular weight excluding hydrogens is 393 g/mol. The molecule has 0 bridgehead atoms. The van der Waals surface area contributed by atoms with Crippen molar-refractivity contribution in [2.24, 2.45) is 0 Å². The smallest absolute Gasteiger partial charge is 0.251 e. The summed E-state index contributed by atoms with van der Waals surface area (Å²) < 4.78 is 0.945. The number of benzene rings is 1. The topological polar surface area (TPSA) is 29.1 Å². The molecule has 5 heteroatoms. The molecule has 0 unspecified atom stereocenters. The normalized spacial score (nSPS) is 10.5. The highest BCUT2D eigenvalue weighted by molar-refractivity contribution is 14.1. The van der Waals surface area contributed by atoms with E-state index >= 15 is 0 Å². The Hall–Kier alpha value is -0.590. The molecule has 0 aliphatic heterocycles. The van der Waals surface area contributed by atoms with Crippen LogP contribution in [-0.2, 0) is 6.54 Å². The monoisotopic (exact) mass is 405 g/mol. The summed E-state index contributed by atoms with van der Waals surface area (Å²) in [7, 11) is 0. The molecule has 1 N–H and O–H groups in total. The minimum Gasteiger partial charge on any atom is -0.347 e. The Morgan fingerprint density at radius 1 is 1.37 bits per heavy atom. The van der Waals surface area contributed by atoms with Crippen LogP contribution in [0.4, 0.5) is 0 Å². The van der Waals surface area contributed by atoms with Crippen LogP contribution in [0.1, 0.15) is 25.7 Å². The van der Waals surface area contributed by atoms with Gasteiger partial charge in [-0.2, -0.15) is 0 Å². The number of rotatable bonds is 3. The first-order chi connectivity index (χ1) is 8.97. The number of carbonyl (C=O) groups is 1. The van der Waals surface area contributed by atoms with Crippen molar-refractivity contribution in [1.82, 2.24) is 5.32 Å². The molecule has 1 aromatic heterocycles. The van der Waals surface area contributed by atoms with E-state index in [2.05, 4.69) is 47.8 Å². The molecule has 2 aromatic rings. The third kappa shape index (κ3) is 3.70. The Labute approximate surface area is 135 Å². The van der Waals surface area contributed by atoms with Gasteiger partial charge in [-0.3, -0.25) is 4.79 Å². The highest BCUT2D eigenvalue weighted by atomic mass is 127. The number of nitrogens with one attached hydrogen (secondary N) is 1. The summed E-state index contributed by atoms with van der Waals surface area (Å²) in [6.45, 7) is 4.72. The molecule has 0 aliphatic carbocycles. The van der Waals surface area contributed by atoms with Crippen molar-refractivity contribution in [1.29, 1.82) is 0 Å². The van der Waals surface area contributed by atoms with Gasteiger partial charge in [0.1, 0.15) is 0 Å². The molecular formula is C14H13ClINOS. The van der Waals surface area contributed by atoms with Gasteiger partial charge < -0.3 is 5.32 Å². The quantitative estimate of drug-likeness (QED) is 0.746. The van der Waals surface area contributed by atoms with Gasteiger partial charge in [0.05, 0.1) is 11.6 Å². The van der Waals surface area contributed by atoms with Gasteiger partial charge in [0.25, 0.3) is 5.91 Å². The van der Waals surface area contributed by atoms with Crippen molar-refractivity contribution >= 4 is 51.4 Å². The lowest BCUT2D eigenvalue weighted by Crippen LogP contribution is -2.22. The first-order valence-electron chi connectivity index (χ1n) is 5.76. The van der Waals surface area contributed by atoms with Crippen LogP contribution in [0.25, 0.3) is 0 Å². The van der Waals surface area contributed by atoms with E-state index in [-0.39, 0.29) is 5.91 Å². The lowest BCUT2D eigenvalue weighted by Gasteiger charge is -2.05. The highest BCUT2D eigenvalue weighted by Gasteiger charge is 2.08. The molecule has 1 heterocycles. The minimum atomic E-state index is -0.0954. The predicted molar refractivity (Wildman–Crippen MR) is 89.1 cm³/mol. The molecule has 1 aromatic carbocycles. The molecule has 0 spiro atoms. The molecule has 0 atom stereocenters. The van der Waals surface area contributed by atoms with Crippen LogP contribution in [0.5, 0.6) is 0 Å². The van der Waals surface area contributed by atoms with Gasteiger partial charge in [0.15, 0.2) is 0 Å². The summed E-state index contributed by atoms with van der Waals surface area (Å²) in [4.78, 5) is 14.5. The molecule has 2 nitrogen and oxygen atoms in total. The van der Waals surface area contributed by atoms with Crippen molar-refractivity contribution in [3.8, 4) is 0 Å². The molecule has 0 fully saturated rings. The molecule has 0 aliphatic rings. The lowest BCUT2D eigenvalue weighted by molar-refractivity contribution is 0.0951. The Bertz CT molecular complexity index is 604. The molecule has 0 saturated carbocycles. The Kier molecular flexibility index (Phi) is 4.86. The van der Waals surface area contributed by atoms with Crippen molar-refractivity contribution in [3.05, 3.63) is 53.7 Å². The summed E-state index contributed by atoms with van der Waals surface area (Å²) in [6.07, 6.45) is 0. The fraction of sp³-hybridized carbons (Fsp3) is 0.214. The highest BCUT2D eigenvalue weighted by Crippen LogP contribution is 2.21. The zero-order chi connectivity index (χ0) is 14.0. The van der Waals surface area contributed by atoms with Crippen LogP contribution >= 0.6 is 45.5 Å². The fourth-order valence-electron chi connectivity index (χ4n) is 1.64. The largest absolute Gasteiger partial charge is 0.347 e. The van der Waals surface area contributed by atoms with Gasteiger partial charge >= 0.3 is 0 Å². The van der Waals surface area contributed by atoms with E-state index in [1.807, 2.05) is 6.07 Å². The third-order valence-electron chi connectivity index (χ3n) is 2.82. The number of carbonyl (C=O) groups excluding carboxylic acids is 1. The third-order valence-corrected chi connectivity index (χ3v) is 5.55. The van der Waals surface area contributed by atoms with Gasteiger partial charge in [-0.1, -0.05) is 11.6 Å². The van der Waals surface area contributed by atoms with Crippen LogP contribution in [0.3, 0.4) is 0 Å². The standard InChI is InChI=1S/C14H13ClINOS/c1-8-5-11(19-9(8)2)7-17-14(18)10-3-4-13(16)12(15)6-10/h3-6H,7H2,1-2H3,(H,17,18). The maximum Gasteiger partial charge on any atom is 0.251 e. The first-order valence-corrected chi connectivity index (χ1v) is 8.04. The van der Waals surface area contributed by atoms with E-state index in [0.717, 1.165) is 3.57 Å². The molecule has 100 valence electrons. The van der Waals surface area contributed by atoms with Crippen LogP contribution in [0.2, 0.25) is 5.02 Å². The van der Waals surface area contributed by atoms with Crippen LogP contribution in [0.15, 0.2) is 24.3 Å². The molecule has 0 radical (unpaired) electrons. The first kappa shape index (κ1) is 14.8. The summed E-state index contributed by atoms with van der Waals surface area (Å²) in [6, 6.07) is 7.44. The number of amides is 1. The molecule has 2 rings (SSSR count). The predicted octanol–water partition coefficient (Wildman–Crippen LogP) is 4.55. The average Bonchev–Trinajstić information content (AvgIpc) is 2.69. The number of aryl methyl sites for hydroxylation is 2. The summed E-state index contributed by atoms with van der Waals surface area (Å²) in [5.74, 6) is -0.0954. The van der Waals surface area contributed by atoms with Crippen molar-refractivity contribution in [2.45, 2.75) is 20.4 Å². The zero-order valence-corrected chi connectivity index (χ0v) is 14.3.